The number of aryl methyl sites for hydroxylation is 1. The summed E-state index contributed by atoms with van der Waals surface area (Å²) >= 11 is 6.12. The summed E-state index contributed by atoms with van der Waals surface area (Å²) in [4.78, 5) is 0. The van der Waals surface area contributed by atoms with Gasteiger partial charge in [0.25, 0.3) is 0 Å². The van der Waals surface area contributed by atoms with Gasteiger partial charge >= 0.3 is 0 Å². The van der Waals surface area contributed by atoms with Crippen LogP contribution in [0.15, 0.2) is 6.07 Å². The first kappa shape index (κ1) is 11.7. The third-order valence-corrected chi connectivity index (χ3v) is 3.58. The quantitative estimate of drug-likeness (QED) is 0.758. The van der Waals surface area contributed by atoms with E-state index in [1.54, 1.807) is 0 Å². The van der Waals surface area contributed by atoms with Crippen molar-refractivity contribution in [3.05, 3.63) is 27.8 Å². The van der Waals surface area contributed by atoms with Crippen LogP contribution in [0.25, 0.3) is 0 Å². The lowest BCUT2D eigenvalue weighted by atomic mass is 9.98. The molecule has 1 aliphatic rings. The van der Waals surface area contributed by atoms with Gasteiger partial charge < -0.3 is 15.9 Å². The Balaban J connectivity index is 2.43. The van der Waals surface area contributed by atoms with Crippen LogP contribution >= 0.6 is 11.6 Å². The standard InChI is InChI=1S/C12H16ClNO2/c13-11-8-3-1-2-7(8)6-9(12(11)16)10(14)4-5-15/h6,10,15-16H,1-5,14H2. The third kappa shape index (κ3) is 1.90. The maximum absolute atomic E-state index is 9.97. The van der Waals surface area contributed by atoms with E-state index in [0.717, 1.165) is 24.8 Å². The highest BCUT2D eigenvalue weighted by molar-refractivity contribution is 6.33. The minimum absolute atomic E-state index is 0.00924. The molecule has 0 amide bonds. The van der Waals surface area contributed by atoms with Crippen molar-refractivity contribution in [2.24, 2.45) is 5.73 Å². The smallest absolute Gasteiger partial charge is 0.139 e. The van der Waals surface area contributed by atoms with Gasteiger partial charge in [0.2, 0.25) is 0 Å². The van der Waals surface area contributed by atoms with Crippen LogP contribution in [0.5, 0.6) is 5.75 Å². The van der Waals surface area contributed by atoms with Crippen LogP contribution in [-0.4, -0.2) is 16.8 Å². The zero-order valence-electron chi connectivity index (χ0n) is 9.04. The van der Waals surface area contributed by atoms with Crippen molar-refractivity contribution < 1.29 is 10.2 Å². The second kappa shape index (κ2) is 4.62. The van der Waals surface area contributed by atoms with Gasteiger partial charge in [0.1, 0.15) is 5.75 Å². The predicted molar refractivity (Wildman–Crippen MR) is 63.8 cm³/mol. The molecule has 0 saturated carbocycles. The second-order valence-corrected chi connectivity index (χ2v) is 4.62. The first-order chi connectivity index (χ1) is 7.65. The van der Waals surface area contributed by atoms with Crippen molar-refractivity contribution in [3.8, 4) is 5.75 Å². The highest BCUT2D eigenvalue weighted by Crippen LogP contribution is 2.40. The van der Waals surface area contributed by atoms with Crippen molar-refractivity contribution in [3.63, 3.8) is 0 Å². The number of fused-ring (bicyclic) bond motifs is 1. The average Bonchev–Trinajstić information content (AvgIpc) is 2.71. The molecule has 1 aromatic carbocycles. The Morgan fingerprint density at radius 1 is 1.44 bits per heavy atom. The number of hydrogen-bond acceptors (Lipinski definition) is 3. The Labute approximate surface area is 99.8 Å². The Hall–Kier alpha value is -0.770. The molecule has 3 nitrogen and oxygen atoms in total. The van der Waals surface area contributed by atoms with Crippen molar-refractivity contribution in [1.82, 2.24) is 0 Å². The zero-order chi connectivity index (χ0) is 11.7. The van der Waals surface area contributed by atoms with Gasteiger partial charge in [0.15, 0.2) is 0 Å². The van der Waals surface area contributed by atoms with Crippen LogP contribution in [-0.2, 0) is 12.8 Å². The Morgan fingerprint density at radius 2 is 2.19 bits per heavy atom. The number of benzene rings is 1. The van der Waals surface area contributed by atoms with Crippen LogP contribution in [0.1, 0.15) is 35.6 Å². The average molecular weight is 242 g/mol. The second-order valence-electron chi connectivity index (χ2n) is 4.24. The lowest BCUT2D eigenvalue weighted by Gasteiger charge is -2.16. The van der Waals surface area contributed by atoms with Crippen molar-refractivity contribution >= 4 is 11.6 Å². The van der Waals surface area contributed by atoms with Gasteiger partial charge in [-0.15, -0.1) is 0 Å². The molecule has 0 fully saturated rings. The molecule has 0 spiro atoms. The van der Waals surface area contributed by atoms with E-state index in [4.69, 9.17) is 22.4 Å². The molecule has 4 N–H and O–H groups in total. The molecule has 16 heavy (non-hydrogen) atoms. The summed E-state index contributed by atoms with van der Waals surface area (Å²) in [5.74, 6) is 0.0864. The van der Waals surface area contributed by atoms with Crippen LogP contribution in [0.3, 0.4) is 0 Å². The monoisotopic (exact) mass is 241 g/mol. The van der Waals surface area contributed by atoms with Gasteiger partial charge in [-0.25, -0.2) is 0 Å². The van der Waals surface area contributed by atoms with E-state index in [2.05, 4.69) is 0 Å². The first-order valence-corrected chi connectivity index (χ1v) is 5.92. The number of phenols is 1. The predicted octanol–water partition coefficient (Wildman–Crippen LogP) is 1.92. The number of rotatable bonds is 3. The number of halogens is 1. The SMILES string of the molecule is NC(CCO)c1cc2c(c(Cl)c1O)CCC2. The molecule has 0 aliphatic heterocycles. The van der Waals surface area contributed by atoms with Gasteiger partial charge in [0, 0.05) is 18.2 Å². The molecule has 1 atom stereocenters. The molecule has 4 heteroatoms. The molecule has 0 saturated heterocycles. The number of hydrogen-bond donors (Lipinski definition) is 3. The molecular formula is C12H16ClNO2. The highest BCUT2D eigenvalue weighted by atomic mass is 35.5. The molecule has 0 heterocycles. The third-order valence-electron chi connectivity index (χ3n) is 3.18. The number of aliphatic hydroxyl groups is 1. The van der Waals surface area contributed by atoms with Gasteiger partial charge in [-0.05, 0) is 36.8 Å². The number of nitrogens with two attached hydrogens (primary N) is 1. The minimum Gasteiger partial charge on any atom is -0.506 e. The summed E-state index contributed by atoms with van der Waals surface area (Å²) in [5.41, 5.74) is 8.78. The Kier molecular flexibility index (Phi) is 3.38. The first-order valence-electron chi connectivity index (χ1n) is 5.54. The van der Waals surface area contributed by atoms with E-state index < -0.39 is 0 Å². The van der Waals surface area contributed by atoms with Crippen LogP contribution in [0, 0.1) is 0 Å². The molecule has 0 aromatic heterocycles. The van der Waals surface area contributed by atoms with Gasteiger partial charge in [0.05, 0.1) is 5.02 Å². The fourth-order valence-electron chi connectivity index (χ4n) is 2.28. The van der Waals surface area contributed by atoms with Crippen molar-refractivity contribution in [1.29, 1.82) is 0 Å². The molecule has 0 radical (unpaired) electrons. The summed E-state index contributed by atoms with van der Waals surface area (Å²) in [6.07, 6.45) is 3.43. The van der Waals surface area contributed by atoms with E-state index in [1.165, 1.54) is 5.56 Å². The molecule has 1 aliphatic carbocycles. The molecule has 2 rings (SSSR count). The highest BCUT2D eigenvalue weighted by Gasteiger charge is 2.22. The van der Waals surface area contributed by atoms with Crippen molar-refractivity contribution in [2.45, 2.75) is 31.7 Å². The molecule has 1 aromatic rings. The van der Waals surface area contributed by atoms with Gasteiger partial charge in [-0.2, -0.15) is 0 Å². The number of aliphatic hydroxyl groups excluding tert-OH is 1. The lowest BCUT2D eigenvalue weighted by molar-refractivity contribution is 0.275. The molecule has 0 bridgehead atoms. The van der Waals surface area contributed by atoms with Crippen LogP contribution in [0.2, 0.25) is 5.02 Å². The number of phenolic OH excluding ortho intramolecular Hbond substituents is 1. The topological polar surface area (TPSA) is 66.5 Å². The van der Waals surface area contributed by atoms with Gasteiger partial charge in [-0.1, -0.05) is 17.7 Å². The summed E-state index contributed by atoms with van der Waals surface area (Å²) < 4.78 is 0. The summed E-state index contributed by atoms with van der Waals surface area (Å²) in [6, 6.07) is 1.58. The van der Waals surface area contributed by atoms with E-state index >= 15 is 0 Å². The van der Waals surface area contributed by atoms with E-state index in [-0.39, 0.29) is 18.4 Å². The largest absolute Gasteiger partial charge is 0.506 e. The summed E-state index contributed by atoms with van der Waals surface area (Å²) in [7, 11) is 0. The van der Waals surface area contributed by atoms with Crippen LogP contribution in [0.4, 0.5) is 0 Å². The van der Waals surface area contributed by atoms with Crippen molar-refractivity contribution in [2.75, 3.05) is 6.61 Å². The number of aromatic hydroxyl groups is 1. The lowest BCUT2D eigenvalue weighted by Crippen LogP contribution is -2.13. The molecular weight excluding hydrogens is 226 g/mol. The molecule has 1 unspecified atom stereocenters. The minimum atomic E-state index is -0.353. The van der Waals surface area contributed by atoms with E-state index in [9.17, 15) is 5.11 Å². The van der Waals surface area contributed by atoms with E-state index in [0.29, 0.717) is 17.0 Å². The summed E-state index contributed by atoms with van der Waals surface area (Å²) in [5, 5.41) is 19.3. The molecule has 88 valence electrons. The Bertz CT molecular complexity index is 406. The van der Waals surface area contributed by atoms with Gasteiger partial charge in [-0.3, -0.25) is 0 Å². The fourth-order valence-corrected chi connectivity index (χ4v) is 2.60. The fraction of sp³-hybridized carbons (Fsp3) is 0.500. The zero-order valence-corrected chi connectivity index (χ0v) is 9.80. The summed E-state index contributed by atoms with van der Waals surface area (Å²) in [6.45, 7) is 0.00924. The maximum Gasteiger partial charge on any atom is 0.139 e. The normalized spacial score (nSPS) is 16.2. The Morgan fingerprint density at radius 3 is 2.88 bits per heavy atom. The van der Waals surface area contributed by atoms with E-state index in [1.807, 2.05) is 6.07 Å². The van der Waals surface area contributed by atoms with Crippen LogP contribution < -0.4 is 5.73 Å². The maximum atomic E-state index is 9.97.